The van der Waals surface area contributed by atoms with E-state index in [1.807, 2.05) is 19.9 Å². The second kappa shape index (κ2) is 9.41. The standard InChI is InChI=1S/C20H22N4O5S2/c1-13-4-7-16(8-5-13)31(27,28)24(3)11-19(26)23-22-18(25)10-15-12-30-20(21-15)17-9-6-14(2)29-17/h4-9,12H,10-11H2,1-3H3,(H,22,25)(H,23,26). The summed E-state index contributed by atoms with van der Waals surface area (Å²) >= 11 is 1.35. The molecule has 0 aliphatic rings. The van der Waals surface area contributed by atoms with E-state index in [1.54, 1.807) is 23.6 Å². The van der Waals surface area contributed by atoms with Crippen molar-refractivity contribution in [2.45, 2.75) is 25.2 Å². The van der Waals surface area contributed by atoms with Gasteiger partial charge in [-0.15, -0.1) is 11.3 Å². The number of hydrogen-bond donors (Lipinski definition) is 2. The molecular weight excluding hydrogens is 440 g/mol. The lowest BCUT2D eigenvalue weighted by atomic mass is 10.2. The lowest BCUT2D eigenvalue weighted by Crippen LogP contribution is -2.47. The summed E-state index contributed by atoms with van der Waals surface area (Å²) in [7, 11) is -2.52. The Hall–Kier alpha value is -3.02. The van der Waals surface area contributed by atoms with Gasteiger partial charge in [0.05, 0.1) is 23.6 Å². The van der Waals surface area contributed by atoms with E-state index >= 15 is 0 Å². The molecule has 0 fully saturated rings. The Morgan fingerprint density at radius 1 is 1.06 bits per heavy atom. The summed E-state index contributed by atoms with van der Waals surface area (Å²) in [4.78, 5) is 28.6. The number of rotatable bonds is 7. The number of thiazole rings is 1. The third-order valence-electron chi connectivity index (χ3n) is 4.28. The summed E-state index contributed by atoms with van der Waals surface area (Å²) in [5.74, 6) is 0.239. The van der Waals surface area contributed by atoms with Crippen LogP contribution in [0.1, 0.15) is 17.0 Å². The van der Waals surface area contributed by atoms with Gasteiger partial charge in [-0.25, -0.2) is 13.4 Å². The van der Waals surface area contributed by atoms with E-state index in [9.17, 15) is 18.0 Å². The van der Waals surface area contributed by atoms with Gasteiger partial charge >= 0.3 is 0 Å². The molecule has 0 unspecified atom stereocenters. The Labute approximate surface area is 184 Å². The summed E-state index contributed by atoms with van der Waals surface area (Å²) in [5.41, 5.74) is 5.94. The number of aromatic nitrogens is 1. The number of amides is 2. The molecule has 0 radical (unpaired) electrons. The van der Waals surface area contributed by atoms with Gasteiger partial charge in [-0.2, -0.15) is 4.31 Å². The van der Waals surface area contributed by atoms with Crippen LogP contribution in [0.25, 0.3) is 10.8 Å². The van der Waals surface area contributed by atoms with Gasteiger partial charge in [0.1, 0.15) is 5.76 Å². The summed E-state index contributed by atoms with van der Waals surface area (Å²) in [6.45, 7) is 3.23. The molecule has 2 N–H and O–H groups in total. The second-order valence-electron chi connectivity index (χ2n) is 6.90. The van der Waals surface area contributed by atoms with Crippen molar-refractivity contribution < 1.29 is 22.4 Å². The summed E-state index contributed by atoms with van der Waals surface area (Å²) < 4.78 is 31.5. The van der Waals surface area contributed by atoms with Crippen LogP contribution < -0.4 is 10.9 Å². The van der Waals surface area contributed by atoms with E-state index in [0.29, 0.717) is 16.5 Å². The highest BCUT2D eigenvalue weighted by atomic mass is 32.2. The minimum absolute atomic E-state index is 0.0476. The fourth-order valence-electron chi connectivity index (χ4n) is 2.62. The van der Waals surface area contributed by atoms with E-state index in [1.165, 1.54) is 30.5 Å². The van der Waals surface area contributed by atoms with Gasteiger partial charge in [0.25, 0.3) is 5.91 Å². The topological polar surface area (TPSA) is 122 Å². The molecule has 3 rings (SSSR count). The average molecular weight is 463 g/mol. The van der Waals surface area contributed by atoms with Crippen LogP contribution in [-0.4, -0.2) is 43.1 Å². The zero-order valence-electron chi connectivity index (χ0n) is 17.2. The monoisotopic (exact) mass is 462 g/mol. The van der Waals surface area contributed by atoms with Crippen molar-refractivity contribution in [2.24, 2.45) is 0 Å². The maximum atomic E-state index is 12.5. The molecule has 2 aromatic heterocycles. The summed E-state index contributed by atoms with van der Waals surface area (Å²) in [5, 5.41) is 2.39. The van der Waals surface area contributed by atoms with Gasteiger partial charge < -0.3 is 4.42 Å². The van der Waals surface area contributed by atoms with Crippen molar-refractivity contribution in [1.82, 2.24) is 20.1 Å². The third-order valence-corrected chi connectivity index (χ3v) is 7.00. The van der Waals surface area contributed by atoms with Crippen LogP contribution in [0, 0.1) is 13.8 Å². The molecule has 0 aliphatic heterocycles. The molecule has 0 saturated heterocycles. The number of carbonyl (C=O) groups is 2. The Balaban J connectivity index is 1.49. The quantitative estimate of drug-likeness (QED) is 0.518. The van der Waals surface area contributed by atoms with E-state index < -0.39 is 28.4 Å². The number of benzene rings is 1. The lowest BCUT2D eigenvalue weighted by Gasteiger charge is -2.17. The second-order valence-corrected chi connectivity index (χ2v) is 9.80. The van der Waals surface area contributed by atoms with Crippen LogP contribution in [0.2, 0.25) is 0 Å². The highest BCUT2D eigenvalue weighted by Crippen LogP contribution is 2.25. The van der Waals surface area contributed by atoms with Gasteiger partial charge in [0, 0.05) is 12.4 Å². The van der Waals surface area contributed by atoms with Gasteiger partial charge in [-0.05, 0) is 38.1 Å². The molecule has 0 saturated carbocycles. The molecule has 164 valence electrons. The third kappa shape index (κ3) is 5.78. The zero-order chi connectivity index (χ0) is 22.6. The van der Waals surface area contributed by atoms with Crippen LogP contribution in [0.5, 0.6) is 0 Å². The Kier molecular flexibility index (Phi) is 6.88. The number of hydrogen-bond acceptors (Lipinski definition) is 7. The van der Waals surface area contributed by atoms with Gasteiger partial charge in [0.15, 0.2) is 10.8 Å². The van der Waals surface area contributed by atoms with Gasteiger partial charge in [0.2, 0.25) is 15.9 Å². The predicted octanol–water partition coefficient (Wildman–Crippen LogP) is 2.03. The van der Waals surface area contributed by atoms with Crippen LogP contribution in [0.15, 0.2) is 51.1 Å². The van der Waals surface area contributed by atoms with Crippen LogP contribution in [-0.2, 0) is 26.0 Å². The van der Waals surface area contributed by atoms with E-state index in [0.717, 1.165) is 15.6 Å². The van der Waals surface area contributed by atoms with E-state index in [4.69, 9.17) is 4.42 Å². The first-order chi connectivity index (χ1) is 14.6. The molecule has 0 aliphatic carbocycles. The van der Waals surface area contributed by atoms with Crippen molar-refractivity contribution in [3.05, 3.63) is 58.8 Å². The number of likely N-dealkylation sites (N-methyl/N-ethyl adjacent to an activating group) is 1. The number of nitrogens with one attached hydrogen (secondary N) is 2. The lowest BCUT2D eigenvalue weighted by molar-refractivity contribution is -0.128. The first-order valence-electron chi connectivity index (χ1n) is 9.27. The molecule has 9 nitrogen and oxygen atoms in total. The first-order valence-corrected chi connectivity index (χ1v) is 11.6. The fourth-order valence-corrected chi connectivity index (χ4v) is 4.52. The molecule has 1 aromatic carbocycles. The molecule has 0 atom stereocenters. The number of furan rings is 1. The highest BCUT2D eigenvalue weighted by Gasteiger charge is 2.23. The number of sulfonamides is 1. The first kappa shape index (κ1) is 22.7. The van der Waals surface area contributed by atoms with Crippen molar-refractivity contribution in [3.8, 4) is 10.8 Å². The number of nitrogens with zero attached hydrogens (tertiary/aromatic N) is 2. The zero-order valence-corrected chi connectivity index (χ0v) is 18.8. The molecule has 2 heterocycles. The summed E-state index contributed by atoms with van der Waals surface area (Å²) in [6.07, 6.45) is -0.0476. The smallest absolute Gasteiger partial charge is 0.253 e. The maximum Gasteiger partial charge on any atom is 0.253 e. The van der Waals surface area contributed by atoms with E-state index in [2.05, 4.69) is 15.8 Å². The van der Waals surface area contributed by atoms with Crippen molar-refractivity contribution in [1.29, 1.82) is 0 Å². The predicted molar refractivity (Wildman–Crippen MR) is 116 cm³/mol. The SMILES string of the molecule is Cc1ccc(S(=O)(=O)N(C)CC(=O)NNC(=O)Cc2csc(-c3ccc(C)o3)n2)cc1. The van der Waals surface area contributed by atoms with Crippen LogP contribution in [0.3, 0.4) is 0 Å². The molecule has 0 spiro atoms. The molecular formula is C20H22N4O5S2. The Bertz CT molecular complexity index is 1180. The fraction of sp³-hybridized carbons (Fsp3) is 0.250. The Morgan fingerprint density at radius 2 is 1.74 bits per heavy atom. The summed E-state index contributed by atoms with van der Waals surface area (Å²) in [6, 6.07) is 9.95. The van der Waals surface area contributed by atoms with Gasteiger partial charge in [-0.3, -0.25) is 20.4 Å². The normalized spacial score (nSPS) is 11.5. The minimum Gasteiger partial charge on any atom is -0.459 e. The average Bonchev–Trinajstić information content (AvgIpc) is 3.35. The number of carbonyl (C=O) groups excluding carboxylic acids is 2. The maximum absolute atomic E-state index is 12.5. The van der Waals surface area contributed by atoms with Gasteiger partial charge in [-0.1, -0.05) is 17.7 Å². The molecule has 11 heteroatoms. The molecule has 2 amide bonds. The van der Waals surface area contributed by atoms with Crippen molar-refractivity contribution >= 4 is 33.2 Å². The molecule has 31 heavy (non-hydrogen) atoms. The highest BCUT2D eigenvalue weighted by molar-refractivity contribution is 7.89. The minimum atomic E-state index is -3.82. The van der Waals surface area contributed by atoms with E-state index in [-0.39, 0.29) is 11.3 Å². The molecule has 3 aromatic rings. The molecule has 0 bridgehead atoms. The number of aryl methyl sites for hydroxylation is 2. The van der Waals surface area contributed by atoms with Crippen LogP contribution in [0.4, 0.5) is 0 Å². The Morgan fingerprint density at radius 3 is 2.39 bits per heavy atom. The van der Waals surface area contributed by atoms with Crippen molar-refractivity contribution in [3.63, 3.8) is 0 Å². The van der Waals surface area contributed by atoms with Crippen LogP contribution >= 0.6 is 11.3 Å². The number of hydrazine groups is 1. The largest absolute Gasteiger partial charge is 0.459 e. The van der Waals surface area contributed by atoms with Crippen molar-refractivity contribution in [2.75, 3.05) is 13.6 Å².